The summed E-state index contributed by atoms with van der Waals surface area (Å²) in [5.41, 5.74) is 9.38. The van der Waals surface area contributed by atoms with Gasteiger partial charge in [0.25, 0.3) is 0 Å². The zero-order chi connectivity index (χ0) is 37.5. The van der Waals surface area contributed by atoms with E-state index in [9.17, 15) is 0 Å². The Morgan fingerprint density at radius 1 is 0.333 bits per heavy atom. The van der Waals surface area contributed by atoms with Crippen LogP contribution in [0.25, 0.3) is 119 Å². The molecule has 4 aromatic heterocycles. The van der Waals surface area contributed by atoms with E-state index in [0.717, 1.165) is 49.8 Å². The molecule has 12 rings (SSSR count). The molecular weight excluding hydrogens is 735 g/mol. The lowest BCUT2D eigenvalue weighted by atomic mass is 9.94. The second-order valence-corrected chi connectivity index (χ2v) is 16.5. The standard InChI is InChI=1S/C51H29N3OS2/c1-3-12-30(13-4-1)49-52-50(31-14-5-2-6-15-31)54-51(53-49)33-23-25-39-38-24-22-32(28-45(38)56-46(39)29-33)41-26-34(27-42-37-17-8-10-21-44(37)57-48(41)42)35-18-11-19-40-36-16-7-9-20-43(36)55-47(35)40/h1-29H. The van der Waals surface area contributed by atoms with Gasteiger partial charge in [0.15, 0.2) is 17.5 Å². The van der Waals surface area contributed by atoms with Crippen molar-refractivity contribution in [2.75, 3.05) is 0 Å². The van der Waals surface area contributed by atoms with Gasteiger partial charge in [0, 0.05) is 78.9 Å². The molecule has 0 saturated heterocycles. The van der Waals surface area contributed by atoms with E-state index in [2.05, 4.69) is 109 Å². The van der Waals surface area contributed by atoms with Crippen LogP contribution in [0, 0.1) is 0 Å². The number of fused-ring (bicyclic) bond motifs is 9. The number of benzene rings is 8. The van der Waals surface area contributed by atoms with Crippen molar-refractivity contribution in [1.82, 2.24) is 15.0 Å². The summed E-state index contributed by atoms with van der Waals surface area (Å²) >= 11 is 3.68. The first-order valence-corrected chi connectivity index (χ1v) is 20.6. The first-order valence-electron chi connectivity index (χ1n) is 18.9. The Balaban J connectivity index is 1.02. The third kappa shape index (κ3) is 5.30. The molecule has 0 saturated carbocycles. The molecule has 0 bridgehead atoms. The summed E-state index contributed by atoms with van der Waals surface area (Å²) in [6, 6.07) is 62.1. The Morgan fingerprint density at radius 2 is 0.912 bits per heavy atom. The lowest BCUT2D eigenvalue weighted by molar-refractivity contribution is 0.670. The fourth-order valence-electron chi connectivity index (χ4n) is 8.19. The molecule has 4 heterocycles. The van der Waals surface area contributed by atoms with Crippen LogP contribution in [-0.4, -0.2) is 15.0 Å². The fraction of sp³-hybridized carbons (Fsp3) is 0. The molecule has 57 heavy (non-hydrogen) atoms. The Morgan fingerprint density at radius 3 is 1.65 bits per heavy atom. The average Bonchev–Trinajstić information content (AvgIpc) is 3.97. The van der Waals surface area contributed by atoms with Crippen LogP contribution < -0.4 is 0 Å². The van der Waals surface area contributed by atoms with E-state index in [0.29, 0.717) is 17.5 Å². The molecule has 0 aliphatic heterocycles. The molecule has 0 aliphatic rings. The molecule has 6 heteroatoms. The van der Waals surface area contributed by atoms with Crippen LogP contribution in [0.15, 0.2) is 180 Å². The maximum absolute atomic E-state index is 6.55. The third-order valence-corrected chi connectivity index (χ3v) is 13.3. The highest BCUT2D eigenvalue weighted by atomic mass is 32.1. The minimum atomic E-state index is 0.659. The van der Waals surface area contributed by atoms with Crippen molar-refractivity contribution in [2.24, 2.45) is 0 Å². The largest absolute Gasteiger partial charge is 0.455 e. The number of para-hydroxylation sites is 2. The van der Waals surface area contributed by atoms with Gasteiger partial charge in [0.05, 0.1) is 0 Å². The van der Waals surface area contributed by atoms with Gasteiger partial charge in [-0.05, 0) is 47.5 Å². The minimum absolute atomic E-state index is 0.659. The second kappa shape index (κ2) is 12.8. The van der Waals surface area contributed by atoms with E-state index in [-0.39, 0.29) is 0 Å². The molecule has 0 aliphatic carbocycles. The Hall–Kier alpha value is -6.99. The SMILES string of the molecule is c1ccc(-c2nc(-c3ccccc3)nc(-c3ccc4c(c3)sc3cc(-c5cc(-c6cccc7c6oc6ccccc67)cc6c5sc5ccccc56)ccc34)n2)cc1. The van der Waals surface area contributed by atoms with Crippen LogP contribution in [0.4, 0.5) is 0 Å². The van der Waals surface area contributed by atoms with Crippen LogP contribution in [-0.2, 0) is 0 Å². The number of aromatic nitrogens is 3. The molecule has 0 radical (unpaired) electrons. The molecule has 12 aromatic rings. The third-order valence-electron chi connectivity index (χ3n) is 10.9. The summed E-state index contributed by atoms with van der Waals surface area (Å²) in [7, 11) is 0. The van der Waals surface area contributed by atoms with E-state index in [1.54, 1.807) is 0 Å². The highest BCUT2D eigenvalue weighted by Gasteiger charge is 2.19. The van der Waals surface area contributed by atoms with Gasteiger partial charge in [-0.3, -0.25) is 0 Å². The van der Waals surface area contributed by atoms with Gasteiger partial charge in [-0.25, -0.2) is 15.0 Å². The van der Waals surface area contributed by atoms with Gasteiger partial charge in [0.2, 0.25) is 0 Å². The van der Waals surface area contributed by atoms with E-state index in [1.807, 2.05) is 89.4 Å². The summed E-state index contributed by atoms with van der Waals surface area (Å²) < 4.78 is 11.6. The lowest BCUT2D eigenvalue weighted by Gasteiger charge is -2.10. The smallest absolute Gasteiger partial charge is 0.164 e. The fourth-order valence-corrected chi connectivity index (χ4v) is 10.6. The zero-order valence-corrected chi connectivity index (χ0v) is 31.9. The predicted molar refractivity (Wildman–Crippen MR) is 240 cm³/mol. The number of hydrogen-bond acceptors (Lipinski definition) is 6. The monoisotopic (exact) mass is 763 g/mol. The lowest BCUT2D eigenvalue weighted by Crippen LogP contribution is -1.99. The number of thiophene rings is 2. The summed E-state index contributed by atoms with van der Waals surface area (Å²) in [5, 5.41) is 7.28. The highest BCUT2D eigenvalue weighted by molar-refractivity contribution is 7.26. The van der Waals surface area contributed by atoms with Crippen LogP contribution in [0.3, 0.4) is 0 Å². The Labute approximate surface area is 335 Å². The first-order chi connectivity index (χ1) is 28.2. The zero-order valence-electron chi connectivity index (χ0n) is 30.3. The average molecular weight is 764 g/mol. The first kappa shape index (κ1) is 32.3. The van der Waals surface area contributed by atoms with Crippen molar-refractivity contribution in [1.29, 1.82) is 0 Å². The maximum Gasteiger partial charge on any atom is 0.164 e. The summed E-state index contributed by atoms with van der Waals surface area (Å²) in [6.07, 6.45) is 0. The summed E-state index contributed by atoms with van der Waals surface area (Å²) in [4.78, 5) is 14.9. The molecule has 0 spiro atoms. The van der Waals surface area contributed by atoms with Crippen molar-refractivity contribution in [3.8, 4) is 56.4 Å². The molecule has 0 atom stereocenters. The van der Waals surface area contributed by atoms with Crippen LogP contribution in [0.1, 0.15) is 0 Å². The maximum atomic E-state index is 6.55. The van der Waals surface area contributed by atoms with Crippen LogP contribution >= 0.6 is 22.7 Å². The highest BCUT2D eigenvalue weighted by Crippen LogP contribution is 2.46. The van der Waals surface area contributed by atoms with Crippen molar-refractivity contribution < 1.29 is 4.42 Å². The van der Waals surface area contributed by atoms with Crippen molar-refractivity contribution in [3.63, 3.8) is 0 Å². The second-order valence-electron chi connectivity index (χ2n) is 14.3. The molecule has 0 amide bonds. The summed E-state index contributed by atoms with van der Waals surface area (Å²) in [5.74, 6) is 1.98. The van der Waals surface area contributed by atoms with E-state index in [1.165, 1.54) is 51.5 Å². The molecule has 0 N–H and O–H groups in total. The van der Waals surface area contributed by atoms with Crippen molar-refractivity contribution in [2.45, 2.75) is 0 Å². The number of furan rings is 1. The van der Waals surface area contributed by atoms with Gasteiger partial charge >= 0.3 is 0 Å². The number of nitrogens with zero attached hydrogens (tertiary/aromatic N) is 3. The predicted octanol–water partition coefficient (Wildman–Crippen LogP) is 14.8. The Bertz CT molecular complexity index is 3470. The number of hydrogen-bond donors (Lipinski definition) is 0. The van der Waals surface area contributed by atoms with Crippen LogP contribution in [0.2, 0.25) is 0 Å². The molecule has 4 nitrogen and oxygen atoms in total. The van der Waals surface area contributed by atoms with Gasteiger partial charge in [-0.15, -0.1) is 22.7 Å². The topological polar surface area (TPSA) is 51.8 Å². The minimum Gasteiger partial charge on any atom is -0.455 e. The number of rotatable bonds is 5. The molecule has 0 unspecified atom stereocenters. The van der Waals surface area contributed by atoms with Crippen LogP contribution in [0.5, 0.6) is 0 Å². The van der Waals surface area contributed by atoms with Gasteiger partial charge in [-0.1, -0.05) is 140 Å². The van der Waals surface area contributed by atoms with Crippen molar-refractivity contribution >= 4 is 85.0 Å². The van der Waals surface area contributed by atoms with Crippen molar-refractivity contribution in [3.05, 3.63) is 176 Å². The summed E-state index contributed by atoms with van der Waals surface area (Å²) in [6.45, 7) is 0. The molecule has 266 valence electrons. The quantitative estimate of drug-likeness (QED) is 0.175. The normalized spacial score (nSPS) is 11.9. The van der Waals surface area contributed by atoms with E-state index >= 15 is 0 Å². The van der Waals surface area contributed by atoms with Gasteiger partial charge < -0.3 is 4.42 Å². The van der Waals surface area contributed by atoms with E-state index in [4.69, 9.17) is 19.4 Å². The molecule has 8 aromatic carbocycles. The van der Waals surface area contributed by atoms with Gasteiger partial charge in [-0.2, -0.15) is 0 Å². The van der Waals surface area contributed by atoms with Gasteiger partial charge in [0.1, 0.15) is 11.2 Å². The Kier molecular flexibility index (Phi) is 7.24. The molecule has 0 fully saturated rings. The van der Waals surface area contributed by atoms with E-state index < -0.39 is 0 Å². The molecular formula is C51H29N3OS2.